The zero-order valence-corrected chi connectivity index (χ0v) is 15.8. The molecule has 0 fully saturated rings. The molecule has 1 rings (SSSR count). The summed E-state index contributed by atoms with van der Waals surface area (Å²) in [5.41, 5.74) is 11.9. The standard InChI is InChI=1S/C18H27N3O4.ClH/c1-2-3-9-14(19)18(24)21-15(17(20)23)10-11-16(22)25-12-13-7-5-4-6-8-13;/h4-8,14-15H,2-3,9-12,19H2,1H3,(H2,20,23)(H,21,24);1H/t14-,15+;/m0./s1. The number of primary amides is 1. The van der Waals surface area contributed by atoms with E-state index in [1.54, 1.807) is 0 Å². The van der Waals surface area contributed by atoms with Crippen LogP contribution in [0.25, 0.3) is 0 Å². The van der Waals surface area contributed by atoms with Gasteiger partial charge in [0.05, 0.1) is 6.04 Å². The number of ether oxygens (including phenoxy) is 1. The molecule has 0 aliphatic heterocycles. The minimum Gasteiger partial charge on any atom is -0.461 e. The Morgan fingerprint density at radius 3 is 2.38 bits per heavy atom. The third kappa shape index (κ3) is 9.39. The summed E-state index contributed by atoms with van der Waals surface area (Å²) < 4.78 is 5.14. The Balaban J connectivity index is 0.00000625. The molecule has 0 spiro atoms. The minimum atomic E-state index is -0.940. The van der Waals surface area contributed by atoms with Gasteiger partial charge in [-0.2, -0.15) is 0 Å². The lowest BCUT2D eigenvalue weighted by molar-refractivity contribution is -0.145. The van der Waals surface area contributed by atoms with Crippen LogP contribution in [0, 0.1) is 0 Å². The highest BCUT2D eigenvalue weighted by atomic mass is 35.5. The van der Waals surface area contributed by atoms with E-state index in [9.17, 15) is 14.4 Å². The average Bonchev–Trinajstić information content (AvgIpc) is 2.61. The van der Waals surface area contributed by atoms with Crippen LogP contribution in [0.5, 0.6) is 0 Å². The van der Waals surface area contributed by atoms with Crippen molar-refractivity contribution in [3.63, 3.8) is 0 Å². The quantitative estimate of drug-likeness (QED) is 0.497. The molecular weight excluding hydrogens is 358 g/mol. The topological polar surface area (TPSA) is 125 Å². The Kier molecular flexibility index (Phi) is 12.1. The van der Waals surface area contributed by atoms with Gasteiger partial charge < -0.3 is 21.5 Å². The number of unbranched alkanes of at least 4 members (excludes halogenated alkanes) is 1. The second-order valence-corrected chi connectivity index (χ2v) is 5.90. The van der Waals surface area contributed by atoms with E-state index < -0.39 is 29.9 Å². The van der Waals surface area contributed by atoms with Crippen molar-refractivity contribution >= 4 is 30.2 Å². The number of amides is 2. The first-order valence-electron chi connectivity index (χ1n) is 8.48. The summed E-state index contributed by atoms with van der Waals surface area (Å²) in [4.78, 5) is 35.2. The van der Waals surface area contributed by atoms with Crippen molar-refractivity contribution in [3.8, 4) is 0 Å². The molecule has 0 aliphatic carbocycles. The number of carbonyl (C=O) groups is 3. The first-order valence-corrected chi connectivity index (χ1v) is 8.48. The highest BCUT2D eigenvalue weighted by Gasteiger charge is 2.22. The zero-order chi connectivity index (χ0) is 18.7. The van der Waals surface area contributed by atoms with Crippen LogP contribution in [0.2, 0.25) is 0 Å². The second-order valence-electron chi connectivity index (χ2n) is 5.90. The van der Waals surface area contributed by atoms with Crippen LogP contribution < -0.4 is 16.8 Å². The predicted octanol–water partition coefficient (Wildman–Crippen LogP) is 1.42. The summed E-state index contributed by atoms with van der Waals surface area (Å²) in [7, 11) is 0. The molecule has 5 N–H and O–H groups in total. The van der Waals surface area contributed by atoms with Crippen molar-refractivity contribution < 1.29 is 19.1 Å². The van der Waals surface area contributed by atoms with Crippen molar-refractivity contribution in [3.05, 3.63) is 35.9 Å². The molecule has 1 aromatic carbocycles. The van der Waals surface area contributed by atoms with Crippen molar-refractivity contribution in [2.24, 2.45) is 11.5 Å². The minimum absolute atomic E-state index is 0. The van der Waals surface area contributed by atoms with E-state index >= 15 is 0 Å². The molecule has 7 nitrogen and oxygen atoms in total. The first-order chi connectivity index (χ1) is 11.9. The zero-order valence-electron chi connectivity index (χ0n) is 15.0. The molecule has 26 heavy (non-hydrogen) atoms. The molecule has 0 heterocycles. The molecule has 0 unspecified atom stereocenters. The van der Waals surface area contributed by atoms with Crippen molar-refractivity contribution in [2.45, 2.75) is 57.7 Å². The molecule has 0 saturated heterocycles. The maximum Gasteiger partial charge on any atom is 0.306 e. The number of benzene rings is 1. The number of rotatable bonds is 11. The summed E-state index contributed by atoms with van der Waals surface area (Å²) in [6.07, 6.45) is 2.34. The maximum absolute atomic E-state index is 12.0. The summed E-state index contributed by atoms with van der Waals surface area (Å²) >= 11 is 0. The number of nitrogens with two attached hydrogens (primary N) is 2. The van der Waals surface area contributed by atoms with E-state index in [1.165, 1.54) is 0 Å². The van der Waals surface area contributed by atoms with Gasteiger partial charge in [-0.3, -0.25) is 14.4 Å². The highest BCUT2D eigenvalue weighted by Crippen LogP contribution is 2.05. The summed E-state index contributed by atoms with van der Waals surface area (Å²) in [6.45, 7) is 2.16. The van der Waals surface area contributed by atoms with Gasteiger partial charge in [0.1, 0.15) is 12.6 Å². The van der Waals surface area contributed by atoms with E-state index in [1.807, 2.05) is 37.3 Å². The Morgan fingerprint density at radius 2 is 1.81 bits per heavy atom. The summed E-state index contributed by atoms with van der Waals surface area (Å²) in [6, 6.07) is 7.63. The van der Waals surface area contributed by atoms with Gasteiger partial charge in [0.25, 0.3) is 0 Å². The molecule has 0 aromatic heterocycles. The van der Waals surface area contributed by atoms with Crippen LogP contribution >= 0.6 is 12.4 Å². The number of halogens is 1. The average molecular weight is 386 g/mol. The van der Waals surface area contributed by atoms with E-state index in [0.717, 1.165) is 18.4 Å². The second kappa shape index (κ2) is 13.1. The fourth-order valence-corrected chi connectivity index (χ4v) is 2.19. The van der Waals surface area contributed by atoms with Gasteiger partial charge in [0, 0.05) is 6.42 Å². The lowest BCUT2D eigenvalue weighted by Crippen LogP contribution is -2.50. The number of hydrogen-bond acceptors (Lipinski definition) is 5. The summed E-state index contributed by atoms with van der Waals surface area (Å²) in [5.74, 6) is -1.60. The molecule has 1 aromatic rings. The molecule has 146 valence electrons. The van der Waals surface area contributed by atoms with Gasteiger partial charge in [0.2, 0.25) is 11.8 Å². The van der Waals surface area contributed by atoms with Gasteiger partial charge in [-0.1, -0.05) is 50.1 Å². The van der Waals surface area contributed by atoms with Crippen LogP contribution in [-0.4, -0.2) is 29.9 Å². The summed E-state index contributed by atoms with van der Waals surface area (Å²) in [5, 5.41) is 2.51. The van der Waals surface area contributed by atoms with Gasteiger partial charge in [-0.25, -0.2) is 0 Å². The van der Waals surface area contributed by atoms with Crippen molar-refractivity contribution in [1.29, 1.82) is 0 Å². The van der Waals surface area contributed by atoms with Crippen LogP contribution in [0.1, 0.15) is 44.6 Å². The van der Waals surface area contributed by atoms with Crippen LogP contribution in [-0.2, 0) is 25.7 Å². The molecular formula is C18H28ClN3O4. The van der Waals surface area contributed by atoms with Gasteiger partial charge in [0.15, 0.2) is 0 Å². The van der Waals surface area contributed by atoms with Crippen molar-refractivity contribution in [1.82, 2.24) is 5.32 Å². The van der Waals surface area contributed by atoms with Crippen LogP contribution in [0.4, 0.5) is 0 Å². The fraction of sp³-hybridized carbons (Fsp3) is 0.500. The molecule has 0 bridgehead atoms. The third-order valence-corrected chi connectivity index (χ3v) is 3.75. The SMILES string of the molecule is CCCC[C@H](N)C(=O)N[C@H](CCC(=O)OCc1ccccc1)C(N)=O.Cl. The maximum atomic E-state index is 12.0. The Morgan fingerprint density at radius 1 is 1.15 bits per heavy atom. The number of nitrogens with one attached hydrogen (secondary N) is 1. The predicted molar refractivity (Wildman–Crippen MR) is 101 cm³/mol. The van der Waals surface area contributed by atoms with Crippen LogP contribution in [0.3, 0.4) is 0 Å². The smallest absolute Gasteiger partial charge is 0.306 e. The van der Waals surface area contributed by atoms with Gasteiger partial charge >= 0.3 is 5.97 Å². The monoisotopic (exact) mass is 385 g/mol. The molecule has 2 amide bonds. The number of carbonyl (C=O) groups excluding carboxylic acids is 3. The highest BCUT2D eigenvalue weighted by molar-refractivity contribution is 5.89. The Labute approximate surface area is 160 Å². The Bertz CT molecular complexity index is 569. The molecule has 2 atom stereocenters. The molecule has 0 saturated carbocycles. The first kappa shape index (κ1) is 23.9. The lowest BCUT2D eigenvalue weighted by Gasteiger charge is -2.18. The number of esters is 1. The van der Waals surface area contributed by atoms with E-state index in [2.05, 4.69) is 5.32 Å². The van der Waals surface area contributed by atoms with E-state index in [-0.39, 0.29) is 31.9 Å². The molecule has 8 heteroatoms. The van der Waals surface area contributed by atoms with Crippen molar-refractivity contribution in [2.75, 3.05) is 0 Å². The van der Waals surface area contributed by atoms with Crippen LogP contribution in [0.15, 0.2) is 30.3 Å². The molecule has 0 aliphatic rings. The van der Waals surface area contributed by atoms with E-state index in [0.29, 0.717) is 6.42 Å². The van der Waals surface area contributed by atoms with Gasteiger partial charge in [-0.05, 0) is 18.4 Å². The van der Waals surface area contributed by atoms with E-state index in [4.69, 9.17) is 16.2 Å². The normalized spacial score (nSPS) is 12.4. The Hall–Kier alpha value is -2.12. The lowest BCUT2D eigenvalue weighted by atomic mass is 10.1. The number of hydrogen-bond donors (Lipinski definition) is 3. The fourth-order valence-electron chi connectivity index (χ4n) is 2.19. The molecule has 0 radical (unpaired) electrons. The third-order valence-electron chi connectivity index (χ3n) is 3.75. The van der Waals surface area contributed by atoms with Gasteiger partial charge in [-0.15, -0.1) is 12.4 Å². The largest absolute Gasteiger partial charge is 0.461 e.